The molecule has 0 aromatic heterocycles. The lowest BCUT2D eigenvalue weighted by Gasteiger charge is -2.36. The van der Waals surface area contributed by atoms with Gasteiger partial charge in [0.2, 0.25) is 0 Å². The van der Waals surface area contributed by atoms with Crippen molar-refractivity contribution in [3.8, 4) is 0 Å². The molecule has 0 amide bonds. The van der Waals surface area contributed by atoms with Crippen molar-refractivity contribution >= 4 is 11.9 Å². The first-order valence-electron chi connectivity index (χ1n) is 12.5. The van der Waals surface area contributed by atoms with Crippen molar-refractivity contribution < 1.29 is 19.1 Å². The molecule has 0 aliphatic heterocycles. The molecule has 0 saturated heterocycles. The molecule has 4 unspecified atom stereocenters. The summed E-state index contributed by atoms with van der Waals surface area (Å²) in [7, 11) is 0. The summed E-state index contributed by atoms with van der Waals surface area (Å²) < 4.78 is 12.0. The number of rotatable bonds is 14. The quantitative estimate of drug-likeness (QED) is 0.279. The zero-order valence-electron chi connectivity index (χ0n) is 20.7. The van der Waals surface area contributed by atoms with Gasteiger partial charge in [-0.3, -0.25) is 0 Å². The van der Waals surface area contributed by atoms with Crippen LogP contribution >= 0.6 is 0 Å². The van der Waals surface area contributed by atoms with Gasteiger partial charge in [0.1, 0.15) is 12.2 Å². The van der Waals surface area contributed by atoms with Crippen molar-refractivity contribution in [1.29, 1.82) is 0 Å². The van der Waals surface area contributed by atoms with Crippen molar-refractivity contribution in [3.05, 3.63) is 71.8 Å². The molecule has 0 fully saturated rings. The minimum atomic E-state index is -0.298. The molecule has 0 saturated carbocycles. The Balaban J connectivity index is 2.24. The molecule has 0 aliphatic rings. The van der Waals surface area contributed by atoms with Crippen LogP contribution in [0.15, 0.2) is 60.7 Å². The summed E-state index contributed by atoms with van der Waals surface area (Å²) in [5, 5.41) is 0. The third-order valence-corrected chi connectivity index (χ3v) is 6.39. The van der Waals surface area contributed by atoms with Gasteiger partial charge in [-0.2, -0.15) is 0 Å². The summed E-state index contributed by atoms with van der Waals surface area (Å²) in [6, 6.07) is 18.3. The second kappa shape index (κ2) is 14.5. The first-order valence-corrected chi connectivity index (χ1v) is 12.5. The third-order valence-electron chi connectivity index (χ3n) is 6.39. The highest BCUT2D eigenvalue weighted by Gasteiger charge is 2.35. The molecule has 180 valence electrons. The van der Waals surface area contributed by atoms with Crippen LogP contribution < -0.4 is 0 Å². The Morgan fingerprint density at radius 1 is 0.697 bits per heavy atom. The summed E-state index contributed by atoms with van der Waals surface area (Å²) in [6.07, 6.45) is 6.35. The van der Waals surface area contributed by atoms with Crippen molar-refractivity contribution in [2.45, 2.75) is 84.8 Å². The van der Waals surface area contributed by atoms with Crippen molar-refractivity contribution in [3.63, 3.8) is 0 Å². The molecule has 0 radical (unpaired) electrons. The number of carbonyl (C=O) groups is 2. The fourth-order valence-electron chi connectivity index (χ4n) is 4.50. The number of ether oxygens (including phenoxy) is 2. The average molecular weight is 453 g/mol. The van der Waals surface area contributed by atoms with E-state index < -0.39 is 0 Å². The number of unbranched alkanes of at least 4 members (excludes halogenated alkanes) is 2. The lowest BCUT2D eigenvalue weighted by Crippen LogP contribution is -2.38. The van der Waals surface area contributed by atoms with Gasteiger partial charge in [0.15, 0.2) is 0 Å². The number of esters is 2. The smallest absolute Gasteiger partial charge is 0.338 e. The van der Waals surface area contributed by atoms with Gasteiger partial charge in [-0.15, -0.1) is 0 Å². The molecular weight excluding hydrogens is 412 g/mol. The molecule has 0 aliphatic carbocycles. The van der Waals surface area contributed by atoms with E-state index in [0.29, 0.717) is 11.1 Å². The van der Waals surface area contributed by atoms with E-state index in [-0.39, 0.29) is 36.0 Å². The molecule has 2 aromatic carbocycles. The molecule has 4 heteroatoms. The van der Waals surface area contributed by atoms with E-state index in [0.717, 1.165) is 44.9 Å². The van der Waals surface area contributed by atoms with Gasteiger partial charge < -0.3 is 9.47 Å². The highest BCUT2D eigenvalue weighted by atomic mass is 16.5. The fraction of sp³-hybridized carbons (Fsp3) is 0.517. The van der Waals surface area contributed by atoms with Crippen LogP contribution in [-0.4, -0.2) is 24.1 Å². The van der Waals surface area contributed by atoms with Crippen LogP contribution in [0, 0.1) is 11.8 Å². The number of carbonyl (C=O) groups excluding carboxylic acids is 2. The summed E-state index contributed by atoms with van der Waals surface area (Å²) in [5.74, 6) is -0.328. The van der Waals surface area contributed by atoms with E-state index in [1.54, 1.807) is 24.3 Å². The molecule has 4 atom stereocenters. The Kier molecular flexibility index (Phi) is 11.7. The first kappa shape index (κ1) is 26.6. The zero-order valence-corrected chi connectivity index (χ0v) is 20.7. The van der Waals surface area contributed by atoms with Gasteiger partial charge in [-0.25, -0.2) is 9.59 Å². The summed E-state index contributed by atoms with van der Waals surface area (Å²) in [5.41, 5.74) is 1.13. The molecule has 2 aromatic rings. The van der Waals surface area contributed by atoms with Crippen LogP contribution in [-0.2, 0) is 9.47 Å². The Hall–Kier alpha value is -2.62. The second-order valence-electron chi connectivity index (χ2n) is 8.81. The highest BCUT2D eigenvalue weighted by molar-refractivity contribution is 5.89. The van der Waals surface area contributed by atoms with Gasteiger partial charge in [0, 0.05) is 11.8 Å². The van der Waals surface area contributed by atoms with E-state index in [1.165, 1.54) is 0 Å². The molecule has 2 rings (SSSR count). The number of benzene rings is 2. The molecule has 33 heavy (non-hydrogen) atoms. The average Bonchev–Trinajstić information content (AvgIpc) is 2.85. The van der Waals surface area contributed by atoms with Gasteiger partial charge in [0.05, 0.1) is 11.1 Å². The van der Waals surface area contributed by atoms with Gasteiger partial charge in [-0.05, 0) is 50.5 Å². The Bertz CT molecular complexity index is 818. The highest BCUT2D eigenvalue weighted by Crippen LogP contribution is 2.34. The predicted molar refractivity (Wildman–Crippen MR) is 133 cm³/mol. The first-order chi connectivity index (χ1) is 16.0. The van der Waals surface area contributed by atoms with Gasteiger partial charge in [0.25, 0.3) is 0 Å². The standard InChI is InChI=1S/C29H40O4/c1-5-8-20-25(22(4)32-28(30)23-16-12-10-13-17-23)26(21-9-6-2)27(7-3)33-29(31)24-18-14-11-15-19-24/h10-19,22,25-27H,5-9,20-21H2,1-4H3. The predicted octanol–water partition coefficient (Wildman–Crippen LogP) is 7.48. The third kappa shape index (κ3) is 8.34. The molecule has 0 bridgehead atoms. The Morgan fingerprint density at radius 2 is 1.15 bits per heavy atom. The van der Waals surface area contributed by atoms with Crippen LogP contribution in [0.5, 0.6) is 0 Å². The normalized spacial score (nSPS) is 14.7. The fourth-order valence-corrected chi connectivity index (χ4v) is 4.50. The van der Waals surface area contributed by atoms with Crippen LogP contribution in [0.25, 0.3) is 0 Å². The van der Waals surface area contributed by atoms with Gasteiger partial charge >= 0.3 is 11.9 Å². The molecular formula is C29H40O4. The maximum atomic E-state index is 12.9. The van der Waals surface area contributed by atoms with Crippen LogP contribution in [0.4, 0.5) is 0 Å². The van der Waals surface area contributed by atoms with E-state index in [2.05, 4.69) is 20.8 Å². The van der Waals surface area contributed by atoms with E-state index in [4.69, 9.17) is 9.47 Å². The lowest BCUT2D eigenvalue weighted by atomic mass is 9.77. The van der Waals surface area contributed by atoms with Crippen LogP contribution in [0.1, 0.15) is 93.4 Å². The van der Waals surface area contributed by atoms with Crippen LogP contribution in [0.3, 0.4) is 0 Å². The van der Waals surface area contributed by atoms with E-state index in [9.17, 15) is 9.59 Å². The zero-order chi connectivity index (χ0) is 24.1. The summed E-state index contributed by atoms with van der Waals surface area (Å²) in [6.45, 7) is 8.41. The largest absolute Gasteiger partial charge is 0.459 e. The maximum absolute atomic E-state index is 12.9. The lowest BCUT2D eigenvalue weighted by molar-refractivity contribution is -0.0346. The minimum Gasteiger partial charge on any atom is -0.459 e. The maximum Gasteiger partial charge on any atom is 0.338 e. The Labute approximate surface area is 199 Å². The molecule has 4 nitrogen and oxygen atoms in total. The van der Waals surface area contributed by atoms with E-state index in [1.807, 2.05) is 43.3 Å². The van der Waals surface area contributed by atoms with Crippen molar-refractivity contribution in [1.82, 2.24) is 0 Å². The minimum absolute atomic E-state index is 0.123. The van der Waals surface area contributed by atoms with Gasteiger partial charge in [-0.1, -0.05) is 82.9 Å². The van der Waals surface area contributed by atoms with Crippen LogP contribution in [0.2, 0.25) is 0 Å². The molecule has 0 spiro atoms. The second-order valence-corrected chi connectivity index (χ2v) is 8.81. The van der Waals surface area contributed by atoms with Crippen molar-refractivity contribution in [2.24, 2.45) is 11.8 Å². The monoisotopic (exact) mass is 452 g/mol. The number of hydrogen-bond acceptors (Lipinski definition) is 4. The Morgan fingerprint density at radius 3 is 1.61 bits per heavy atom. The molecule has 0 heterocycles. The summed E-state index contributed by atoms with van der Waals surface area (Å²) >= 11 is 0. The number of hydrogen-bond donors (Lipinski definition) is 0. The summed E-state index contributed by atoms with van der Waals surface area (Å²) in [4.78, 5) is 25.6. The SMILES string of the molecule is CCCCC(C(C)OC(=O)c1ccccc1)C(CCCC)C(CC)OC(=O)c1ccccc1. The van der Waals surface area contributed by atoms with Crippen molar-refractivity contribution in [2.75, 3.05) is 0 Å². The topological polar surface area (TPSA) is 52.6 Å². The van der Waals surface area contributed by atoms with E-state index >= 15 is 0 Å². The molecule has 0 N–H and O–H groups in total.